The highest BCUT2D eigenvalue weighted by Crippen LogP contribution is 2.32. The van der Waals surface area contributed by atoms with Gasteiger partial charge in [-0.25, -0.2) is 14.8 Å². The number of carboxylic acid groups (broad SMARTS) is 1. The number of aromatic nitrogens is 3. The first-order chi connectivity index (χ1) is 9.58. The molecule has 5 heteroatoms. The van der Waals surface area contributed by atoms with E-state index in [0.717, 1.165) is 22.2 Å². The van der Waals surface area contributed by atoms with E-state index < -0.39 is 5.97 Å². The first kappa shape index (κ1) is 12.3. The number of aromatic carboxylic acids is 1. The summed E-state index contributed by atoms with van der Waals surface area (Å²) in [5.41, 5.74) is 3.26. The van der Waals surface area contributed by atoms with Gasteiger partial charge in [-0.3, -0.25) is 0 Å². The summed E-state index contributed by atoms with van der Waals surface area (Å²) in [6.07, 6.45) is 1.36. The Morgan fingerprint density at radius 2 is 2.00 bits per heavy atom. The lowest BCUT2D eigenvalue weighted by atomic mass is 10.0. The van der Waals surface area contributed by atoms with Crippen LogP contribution in [-0.2, 0) is 0 Å². The molecule has 3 aromatic rings. The van der Waals surface area contributed by atoms with Gasteiger partial charge in [0.15, 0.2) is 0 Å². The number of carbonyl (C=O) groups is 1. The lowest BCUT2D eigenvalue weighted by molar-refractivity contribution is 0.0697. The maximum absolute atomic E-state index is 11.4. The molecule has 0 aliphatic rings. The summed E-state index contributed by atoms with van der Waals surface area (Å²) in [6, 6.07) is 7.77. The molecule has 0 saturated heterocycles. The number of fused-ring (bicyclic) bond motifs is 1. The van der Waals surface area contributed by atoms with Gasteiger partial charge in [-0.1, -0.05) is 18.2 Å². The zero-order valence-corrected chi connectivity index (χ0v) is 11.1. The van der Waals surface area contributed by atoms with Gasteiger partial charge in [-0.2, -0.15) is 0 Å². The van der Waals surface area contributed by atoms with E-state index in [2.05, 4.69) is 15.0 Å². The topological polar surface area (TPSA) is 78.9 Å². The third-order valence-corrected chi connectivity index (χ3v) is 3.27. The molecule has 0 fully saturated rings. The summed E-state index contributed by atoms with van der Waals surface area (Å²) in [6.45, 7) is 3.66. The van der Waals surface area contributed by atoms with E-state index in [9.17, 15) is 9.90 Å². The highest BCUT2D eigenvalue weighted by molar-refractivity contribution is 6.02. The summed E-state index contributed by atoms with van der Waals surface area (Å²) >= 11 is 0. The maximum atomic E-state index is 11.4. The van der Waals surface area contributed by atoms with Crippen LogP contribution in [-0.4, -0.2) is 26.0 Å². The average Bonchev–Trinajstić information content (AvgIpc) is 2.73. The van der Waals surface area contributed by atoms with Crippen molar-refractivity contribution in [3.8, 4) is 11.3 Å². The van der Waals surface area contributed by atoms with Gasteiger partial charge >= 0.3 is 5.97 Å². The molecule has 0 saturated carbocycles. The first-order valence-corrected chi connectivity index (χ1v) is 6.22. The second-order valence-electron chi connectivity index (χ2n) is 4.66. The van der Waals surface area contributed by atoms with Gasteiger partial charge in [-0.05, 0) is 19.9 Å². The third kappa shape index (κ3) is 1.84. The number of hydrogen-bond acceptors (Lipinski definition) is 3. The molecule has 2 aromatic heterocycles. The number of benzene rings is 1. The van der Waals surface area contributed by atoms with Crippen molar-refractivity contribution in [2.75, 3.05) is 0 Å². The van der Waals surface area contributed by atoms with E-state index in [4.69, 9.17) is 0 Å². The number of nitrogens with zero attached hydrogens (tertiary/aromatic N) is 2. The maximum Gasteiger partial charge on any atom is 0.339 e. The number of H-pyrrole nitrogens is 1. The van der Waals surface area contributed by atoms with Crippen molar-refractivity contribution in [3.63, 3.8) is 0 Å². The monoisotopic (exact) mass is 267 g/mol. The van der Waals surface area contributed by atoms with Crippen LogP contribution in [0.4, 0.5) is 0 Å². The summed E-state index contributed by atoms with van der Waals surface area (Å²) in [5, 5.41) is 10.3. The molecule has 0 atom stereocenters. The van der Waals surface area contributed by atoms with Crippen LogP contribution in [0.1, 0.15) is 21.9 Å². The van der Waals surface area contributed by atoms with Crippen molar-refractivity contribution >= 4 is 16.9 Å². The van der Waals surface area contributed by atoms with Gasteiger partial charge in [0.2, 0.25) is 0 Å². The van der Waals surface area contributed by atoms with Crippen LogP contribution < -0.4 is 0 Å². The minimum Gasteiger partial charge on any atom is -0.478 e. The molecule has 0 aliphatic heterocycles. The van der Waals surface area contributed by atoms with Crippen LogP contribution >= 0.6 is 0 Å². The minimum absolute atomic E-state index is 0.114. The van der Waals surface area contributed by atoms with Crippen molar-refractivity contribution < 1.29 is 9.90 Å². The van der Waals surface area contributed by atoms with Crippen molar-refractivity contribution in [2.24, 2.45) is 0 Å². The fourth-order valence-electron chi connectivity index (χ4n) is 2.40. The van der Waals surface area contributed by atoms with Crippen LogP contribution in [0, 0.1) is 13.8 Å². The number of rotatable bonds is 2. The largest absolute Gasteiger partial charge is 0.478 e. The quantitative estimate of drug-likeness (QED) is 0.748. The first-order valence-electron chi connectivity index (χ1n) is 6.22. The van der Waals surface area contributed by atoms with E-state index in [1.807, 2.05) is 31.2 Å². The number of hydrogen-bond donors (Lipinski definition) is 2. The van der Waals surface area contributed by atoms with Gasteiger partial charge in [0.05, 0.1) is 5.69 Å². The van der Waals surface area contributed by atoms with Gasteiger partial charge < -0.3 is 10.1 Å². The fourth-order valence-corrected chi connectivity index (χ4v) is 2.40. The van der Waals surface area contributed by atoms with E-state index in [1.54, 1.807) is 6.92 Å². The Morgan fingerprint density at radius 3 is 2.75 bits per heavy atom. The standard InChI is InChI=1S/C15H13N3O2/c1-8-13(10-5-3-4-6-12(10)17-8)14-11(15(19)20)7-16-9(2)18-14/h3-7,17H,1-2H3,(H,19,20). The molecule has 2 N–H and O–H groups in total. The zero-order chi connectivity index (χ0) is 14.3. The van der Waals surface area contributed by atoms with Crippen LogP contribution in [0.15, 0.2) is 30.5 Å². The molecule has 2 heterocycles. The molecule has 5 nitrogen and oxygen atoms in total. The van der Waals surface area contributed by atoms with E-state index in [1.165, 1.54) is 6.20 Å². The summed E-state index contributed by atoms with van der Waals surface area (Å²) in [4.78, 5) is 23.0. The van der Waals surface area contributed by atoms with Crippen LogP contribution in [0.2, 0.25) is 0 Å². The fraction of sp³-hybridized carbons (Fsp3) is 0.133. The molecule has 0 aliphatic carbocycles. The highest BCUT2D eigenvalue weighted by atomic mass is 16.4. The number of para-hydroxylation sites is 1. The van der Waals surface area contributed by atoms with E-state index >= 15 is 0 Å². The van der Waals surface area contributed by atoms with E-state index in [0.29, 0.717) is 11.5 Å². The molecule has 1 aromatic carbocycles. The average molecular weight is 267 g/mol. The molecule has 20 heavy (non-hydrogen) atoms. The van der Waals surface area contributed by atoms with Gasteiger partial charge in [0, 0.05) is 28.4 Å². The van der Waals surface area contributed by atoms with E-state index in [-0.39, 0.29) is 5.56 Å². The number of carboxylic acids is 1. The van der Waals surface area contributed by atoms with Crippen LogP contribution in [0.5, 0.6) is 0 Å². The summed E-state index contributed by atoms with van der Waals surface area (Å²) in [5.74, 6) is -0.473. The smallest absolute Gasteiger partial charge is 0.339 e. The van der Waals surface area contributed by atoms with Crippen LogP contribution in [0.25, 0.3) is 22.2 Å². The SMILES string of the molecule is Cc1ncc(C(=O)O)c(-c2c(C)[nH]c3ccccc23)n1. The Balaban J connectivity index is 2.39. The zero-order valence-electron chi connectivity index (χ0n) is 11.1. The number of aryl methyl sites for hydroxylation is 2. The summed E-state index contributed by atoms with van der Waals surface area (Å²) < 4.78 is 0. The van der Waals surface area contributed by atoms with Gasteiger partial charge in [0.25, 0.3) is 0 Å². The molecule has 0 spiro atoms. The molecule has 0 bridgehead atoms. The highest BCUT2D eigenvalue weighted by Gasteiger charge is 2.19. The van der Waals surface area contributed by atoms with Gasteiger partial charge in [-0.15, -0.1) is 0 Å². The second kappa shape index (κ2) is 4.45. The Kier molecular flexibility index (Phi) is 2.75. The molecule has 0 unspecified atom stereocenters. The van der Waals surface area contributed by atoms with Crippen LogP contribution in [0.3, 0.4) is 0 Å². The Morgan fingerprint density at radius 1 is 1.25 bits per heavy atom. The van der Waals surface area contributed by atoms with Crippen molar-refractivity contribution in [3.05, 3.63) is 47.5 Å². The third-order valence-electron chi connectivity index (χ3n) is 3.27. The molecule has 100 valence electrons. The Hall–Kier alpha value is -2.69. The predicted octanol–water partition coefficient (Wildman–Crippen LogP) is 2.94. The molecule has 0 radical (unpaired) electrons. The molecular weight excluding hydrogens is 254 g/mol. The predicted molar refractivity (Wildman–Crippen MR) is 75.8 cm³/mol. The van der Waals surface area contributed by atoms with Crippen molar-refractivity contribution in [1.29, 1.82) is 0 Å². The normalized spacial score (nSPS) is 10.9. The second-order valence-corrected chi connectivity index (χ2v) is 4.66. The van der Waals surface area contributed by atoms with Crippen molar-refractivity contribution in [1.82, 2.24) is 15.0 Å². The minimum atomic E-state index is -1.02. The lowest BCUT2D eigenvalue weighted by Crippen LogP contribution is -2.04. The van der Waals surface area contributed by atoms with Gasteiger partial charge in [0.1, 0.15) is 11.4 Å². The molecule has 3 rings (SSSR count). The lowest BCUT2D eigenvalue weighted by Gasteiger charge is -2.06. The van der Waals surface area contributed by atoms with Crippen molar-refractivity contribution in [2.45, 2.75) is 13.8 Å². The Labute approximate surface area is 115 Å². The molecular formula is C15H13N3O2. The Bertz CT molecular complexity index is 821. The summed E-state index contributed by atoms with van der Waals surface area (Å²) in [7, 11) is 0. The molecule has 0 amide bonds. The number of nitrogens with one attached hydrogen (secondary N) is 1. The number of aromatic amines is 1.